The van der Waals surface area contributed by atoms with Gasteiger partial charge < -0.3 is 19.3 Å². The second-order valence-electron chi connectivity index (χ2n) is 7.12. The first-order chi connectivity index (χ1) is 14.5. The van der Waals surface area contributed by atoms with Crippen molar-refractivity contribution in [3.05, 3.63) is 58.1 Å². The second kappa shape index (κ2) is 9.96. The topological polar surface area (TPSA) is 85.2 Å². The Morgan fingerprint density at radius 3 is 2.53 bits per heavy atom. The maximum Gasteiger partial charge on any atom is 0.296 e. The Hall–Kier alpha value is -3.29. The minimum atomic E-state index is -0.403. The average Bonchev–Trinajstić information content (AvgIpc) is 2.78. The van der Waals surface area contributed by atoms with E-state index in [-0.39, 0.29) is 11.6 Å². The largest absolute Gasteiger partial charge is 0.496 e. The summed E-state index contributed by atoms with van der Waals surface area (Å²) >= 11 is 0. The van der Waals surface area contributed by atoms with Gasteiger partial charge in [0.15, 0.2) is 0 Å². The first kappa shape index (κ1) is 21.4. The van der Waals surface area contributed by atoms with Crippen molar-refractivity contribution in [2.24, 2.45) is 0 Å². The molecule has 2 aromatic rings. The molecule has 0 unspecified atom stereocenters. The maximum atomic E-state index is 12.9. The highest BCUT2D eigenvalue weighted by Crippen LogP contribution is 2.32. The summed E-state index contributed by atoms with van der Waals surface area (Å²) in [6.45, 7) is 4.75. The normalized spacial score (nSPS) is 13.8. The molecule has 1 amide bonds. The molecule has 0 bridgehead atoms. The molecule has 0 radical (unpaired) electrons. The Labute approximate surface area is 176 Å². The van der Waals surface area contributed by atoms with Gasteiger partial charge in [0.2, 0.25) is 0 Å². The van der Waals surface area contributed by atoms with Gasteiger partial charge in [-0.3, -0.25) is 14.9 Å². The minimum absolute atomic E-state index is 0.00561. The zero-order valence-electron chi connectivity index (χ0n) is 17.4. The van der Waals surface area contributed by atoms with Gasteiger partial charge in [-0.25, -0.2) is 0 Å². The van der Waals surface area contributed by atoms with Crippen molar-refractivity contribution in [1.29, 1.82) is 0 Å². The van der Waals surface area contributed by atoms with Gasteiger partial charge in [-0.1, -0.05) is 19.4 Å². The number of carbonyl (C=O) groups is 1. The predicted molar refractivity (Wildman–Crippen MR) is 115 cm³/mol. The number of hydrogen-bond donors (Lipinski definition) is 0. The molecule has 0 N–H and O–H groups in total. The summed E-state index contributed by atoms with van der Waals surface area (Å²) in [5.74, 6) is 1.09. The lowest BCUT2D eigenvalue weighted by molar-refractivity contribution is -0.384. The molecular formula is C22H27N3O5. The number of hydrogen-bond acceptors (Lipinski definition) is 6. The van der Waals surface area contributed by atoms with Gasteiger partial charge >= 0.3 is 0 Å². The molecule has 160 valence electrons. The average molecular weight is 413 g/mol. The van der Waals surface area contributed by atoms with Crippen LogP contribution in [-0.4, -0.2) is 55.6 Å². The number of ether oxygens (including phenoxy) is 2. The zero-order chi connectivity index (χ0) is 21.5. The lowest BCUT2D eigenvalue weighted by atomic mass is 10.1. The number of nitrogens with zero attached hydrogens (tertiary/aromatic N) is 3. The van der Waals surface area contributed by atoms with Crippen LogP contribution < -0.4 is 14.4 Å². The Kier molecular flexibility index (Phi) is 7.11. The van der Waals surface area contributed by atoms with Crippen molar-refractivity contribution in [2.45, 2.75) is 19.8 Å². The van der Waals surface area contributed by atoms with Gasteiger partial charge in [-0.05, 0) is 36.8 Å². The molecule has 1 heterocycles. The molecule has 8 heteroatoms. The quantitative estimate of drug-likeness (QED) is 0.372. The third-order valence-corrected chi connectivity index (χ3v) is 5.13. The summed E-state index contributed by atoms with van der Waals surface area (Å²) < 4.78 is 10.8. The van der Waals surface area contributed by atoms with Crippen LogP contribution in [0.15, 0.2) is 42.5 Å². The lowest BCUT2D eigenvalue weighted by Gasteiger charge is -2.36. The van der Waals surface area contributed by atoms with Crippen LogP contribution in [-0.2, 0) is 0 Å². The predicted octanol–water partition coefficient (Wildman–Crippen LogP) is 3.74. The molecule has 2 aromatic carbocycles. The fraction of sp³-hybridized carbons (Fsp3) is 0.409. The number of nitro groups is 1. The van der Waals surface area contributed by atoms with Crippen molar-refractivity contribution < 1.29 is 19.2 Å². The molecule has 0 spiro atoms. The Bertz CT molecular complexity index is 894. The Morgan fingerprint density at radius 2 is 1.87 bits per heavy atom. The van der Waals surface area contributed by atoms with Crippen molar-refractivity contribution in [3.8, 4) is 11.5 Å². The molecule has 0 atom stereocenters. The highest BCUT2D eigenvalue weighted by Gasteiger charge is 2.27. The number of amides is 1. The van der Waals surface area contributed by atoms with Crippen LogP contribution in [0.1, 0.15) is 30.1 Å². The highest BCUT2D eigenvalue weighted by molar-refractivity contribution is 5.94. The van der Waals surface area contributed by atoms with Crippen molar-refractivity contribution in [3.63, 3.8) is 0 Å². The van der Waals surface area contributed by atoms with E-state index in [1.54, 1.807) is 29.2 Å². The molecule has 1 fully saturated rings. The Balaban J connectivity index is 1.65. The molecule has 0 saturated carbocycles. The van der Waals surface area contributed by atoms with E-state index >= 15 is 0 Å². The van der Waals surface area contributed by atoms with Gasteiger partial charge in [-0.15, -0.1) is 0 Å². The van der Waals surface area contributed by atoms with E-state index in [9.17, 15) is 14.9 Å². The van der Waals surface area contributed by atoms with Crippen LogP contribution in [0.3, 0.4) is 0 Å². The fourth-order valence-electron chi connectivity index (χ4n) is 3.43. The number of anilines is 1. The van der Waals surface area contributed by atoms with Crippen LogP contribution in [0, 0.1) is 10.1 Å². The van der Waals surface area contributed by atoms with Gasteiger partial charge in [0, 0.05) is 31.7 Å². The Morgan fingerprint density at radius 1 is 1.10 bits per heavy atom. The summed E-state index contributed by atoms with van der Waals surface area (Å²) in [5, 5.41) is 11.5. The number of carbonyl (C=O) groups excluding carboxylic acids is 1. The van der Waals surface area contributed by atoms with Crippen LogP contribution in [0.2, 0.25) is 0 Å². The summed E-state index contributed by atoms with van der Waals surface area (Å²) in [6, 6.07) is 12.1. The van der Waals surface area contributed by atoms with Gasteiger partial charge in [0.05, 0.1) is 24.7 Å². The number of methoxy groups -OCH3 is 1. The van der Waals surface area contributed by atoms with E-state index in [0.717, 1.165) is 12.8 Å². The van der Waals surface area contributed by atoms with Crippen LogP contribution in [0.4, 0.5) is 11.4 Å². The zero-order valence-corrected chi connectivity index (χ0v) is 17.4. The molecule has 1 aliphatic rings. The van der Waals surface area contributed by atoms with E-state index < -0.39 is 4.92 Å². The third kappa shape index (κ3) is 5.00. The molecule has 30 heavy (non-hydrogen) atoms. The van der Waals surface area contributed by atoms with Gasteiger partial charge in [-0.2, -0.15) is 0 Å². The first-order valence-corrected chi connectivity index (χ1v) is 10.1. The van der Waals surface area contributed by atoms with E-state index in [4.69, 9.17) is 9.47 Å². The number of benzene rings is 2. The highest BCUT2D eigenvalue weighted by atomic mass is 16.6. The van der Waals surface area contributed by atoms with Gasteiger partial charge in [0.25, 0.3) is 11.6 Å². The maximum absolute atomic E-state index is 12.9. The standard InChI is InChI=1S/C22H27N3O5/c1-3-4-14-30-19-7-5-6-17(15-19)22(26)24-12-10-23(11-13-24)20-9-8-18(29-2)16-21(20)25(27)28/h5-9,15-16H,3-4,10-14H2,1-2H3. The monoisotopic (exact) mass is 413 g/mol. The minimum Gasteiger partial charge on any atom is -0.496 e. The van der Waals surface area contributed by atoms with Crippen molar-refractivity contribution in [1.82, 2.24) is 4.90 Å². The van der Waals surface area contributed by atoms with Crippen molar-refractivity contribution >= 4 is 17.3 Å². The number of unbranched alkanes of at least 4 members (excludes halogenated alkanes) is 1. The summed E-state index contributed by atoms with van der Waals surface area (Å²) in [4.78, 5) is 27.7. The molecule has 0 aliphatic carbocycles. The van der Waals surface area contributed by atoms with Crippen LogP contribution in [0.5, 0.6) is 11.5 Å². The molecule has 8 nitrogen and oxygen atoms in total. The summed E-state index contributed by atoms with van der Waals surface area (Å²) in [5.41, 5.74) is 1.14. The number of piperazine rings is 1. The van der Waals surface area contributed by atoms with Crippen molar-refractivity contribution in [2.75, 3.05) is 44.8 Å². The van der Waals surface area contributed by atoms with E-state index in [2.05, 4.69) is 6.92 Å². The molecule has 1 aliphatic heterocycles. The van der Waals surface area contributed by atoms with E-state index in [1.807, 2.05) is 17.0 Å². The van der Waals surface area contributed by atoms with Gasteiger partial charge in [0.1, 0.15) is 17.2 Å². The summed E-state index contributed by atoms with van der Waals surface area (Å²) in [6.07, 6.45) is 2.02. The smallest absolute Gasteiger partial charge is 0.296 e. The number of nitro benzene ring substituents is 1. The lowest BCUT2D eigenvalue weighted by Crippen LogP contribution is -2.49. The third-order valence-electron chi connectivity index (χ3n) is 5.13. The van der Waals surface area contributed by atoms with E-state index in [1.165, 1.54) is 13.2 Å². The molecule has 1 saturated heterocycles. The summed E-state index contributed by atoms with van der Waals surface area (Å²) in [7, 11) is 1.48. The second-order valence-corrected chi connectivity index (χ2v) is 7.12. The molecule has 3 rings (SSSR count). The van der Waals surface area contributed by atoms with Crippen LogP contribution >= 0.6 is 0 Å². The SMILES string of the molecule is CCCCOc1cccc(C(=O)N2CCN(c3ccc(OC)cc3[N+](=O)[O-])CC2)c1. The van der Waals surface area contributed by atoms with E-state index in [0.29, 0.717) is 55.5 Å². The molecule has 0 aromatic heterocycles. The molecular weight excluding hydrogens is 386 g/mol. The fourth-order valence-corrected chi connectivity index (χ4v) is 3.43. The van der Waals surface area contributed by atoms with Crippen LogP contribution in [0.25, 0.3) is 0 Å². The first-order valence-electron chi connectivity index (χ1n) is 10.1. The number of rotatable bonds is 8.